The molecule has 0 aliphatic heterocycles. The maximum absolute atomic E-state index is 9.84. The molecule has 12 heavy (non-hydrogen) atoms. The molecule has 0 radical (unpaired) electrons. The highest BCUT2D eigenvalue weighted by molar-refractivity contribution is 5.39. The van der Waals surface area contributed by atoms with E-state index in [2.05, 4.69) is 15.0 Å². The van der Waals surface area contributed by atoms with Crippen molar-refractivity contribution in [3.05, 3.63) is 0 Å². The van der Waals surface area contributed by atoms with Crippen LogP contribution in [-0.4, -0.2) is 30.4 Å². The molecule has 0 atom stereocenters. The van der Waals surface area contributed by atoms with Crippen LogP contribution in [0.1, 0.15) is 6.92 Å². The average molecular weight is 167 g/mol. The van der Waals surface area contributed by atoms with Gasteiger partial charge in [-0.2, -0.15) is 9.98 Å². The minimum absolute atomic E-state index is 0.221. The lowest BCUT2D eigenvalue weighted by molar-refractivity contribution is 0.480. The molecule has 0 rings (SSSR count). The minimum Gasteiger partial charge on any atom is -0.211 e. The van der Waals surface area contributed by atoms with Crippen molar-refractivity contribution in [1.29, 1.82) is 0 Å². The molecule has 0 spiro atoms. The van der Waals surface area contributed by atoms with Crippen molar-refractivity contribution in [2.24, 2.45) is 15.0 Å². The van der Waals surface area contributed by atoms with Gasteiger partial charge in [0.25, 0.3) is 0 Å². The number of aliphatic imine (C=N–C) groups is 3. The van der Waals surface area contributed by atoms with Gasteiger partial charge in [0.05, 0.1) is 6.54 Å². The monoisotopic (exact) mass is 167 g/mol. The maximum atomic E-state index is 9.84. The third kappa shape index (κ3) is 3.34. The van der Waals surface area contributed by atoms with Crippen LogP contribution in [0.25, 0.3) is 0 Å². The molecule has 0 aliphatic rings. The summed E-state index contributed by atoms with van der Waals surface area (Å²) in [6.45, 7) is 1.12. The Bertz CT molecular complexity index is 275. The Hall–Kier alpha value is -1.86. The second-order valence-electron chi connectivity index (χ2n) is 2.03. The second-order valence-corrected chi connectivity index (χ2v) is 2.03. The molecule has 0 fully saturated rings. The summed E-state index contributed by atoms with van der Waals surface area (Å²) in [4.78, 5) is 38.8. The molecular weight excluding hydrogens is 162 g/mol. The van der Waals surface area contributed by atoms with Crippen LogP contribution < -0.4 is 0 Å². The zero-order chi connectivity index (χ0) is 9.45. The van der Waals surface area contributed by atoms with Gasteiger partial charge in [0.15, 0.2) is 5.66 Å². The Morgan fingerprint density at radius 3 is 1.92 bits per heavy atom. The molecule has 0 aliphatic carbocycles. The van der Waals surface area contributed by atoms with Gasteiger partial charge in [-0.15, -0.1) is 0 Å². The van der Waals surface area contributed by atoms with Crippen molar-refractivity contribution < 1.29 is 14.4 Å². The zero-order valence-corrected chi connectivity index (χ0v) is 6.27. The van der Waals surface area contributed by atoms with E-state index in [0.717, 1.165) is 0 Å². The van der Waals surface area contributed by atoms with Crippen LogP contribution in [0.5, 0.6) is 0 Å². The molecule has 0 amide bonds. The predicted octanol–water partition coefficient (Wildman–Crippen LogP) is -0.290. The topological polar surface area (TPSA) is 88.3 Å². The van der Waals surface area contributed by atoms with Crippen molar-refractivity contribution >= 4 is 18.2 Å². The molecule has 0 heterocycles. The van der Waals surface area contributed by atoms with Gasteiger partial charge in [0.1, 0.15) is 0 Å². The fourth-order valence-corrected chi connectivity index (χ4v) is 0.474. The van der Waals surface area contributed by atoms with Gasteiger partial charge in [-0.3, -0.25) is 0 Å². The zero-order valence-electron chi connectivity index (χ0n) is 6.27. The summed E-state index contributed by atoms with van der Waals surface area (Å²) < 4.78 is 0. The standard InChI is InChI=1S/C6H5N3O3/c1-6(8-4-11,9-5-12)2-7-3-10/h2H2,1H3. The highest BCUT2D eigenvalue weighted by atomic mass is 16.1. The smallest absolute Gasteiger partial charge is 0.211 e. The highest BCUT2D eigenvalue weighted by Crippen LogP contribution is 2.10. The van der Waals surface area contributed by atoms with Gasteiger partial charge < -0.3 is 0 Å². The number of rotatable bonds is 4. The van der Waals surface area contributed by atoms with Gasteiger partial charge in [0, 0.05) is 0 Å². The van der Waals surface area contributed by atoms with Crippen molar-refractivity contribution in [3.8, 4) is 0 Å². The van der Waals surface area contributed by atoms with E-state index >= 15 is 0 Å². The van der Waals surface area contributed by atoms with Gasteiger partial charge in [-0.05, 0) is 6.92 Å². The summed E-state index contributed by atoms with van der Waals surface area (Å²) in [6.07, 6.45) is 3.66. The SMILES string of the molecule is CC(CN=C=O)(N=C=O)N=C=O. The lowest BCUT2D eigenvalue weighted by atomic mass is 10.2. The molecule has 0 aromatic carbocycles. The molecule has 0 unspecified atom stereocenters. The van der Waals surface area contributed by atoms with E-state index < -0.39 is 5.66 Å². The fraction of sp³-hybridized carbons (Fsp3) is 0.500. The first-order valence-corrected chi connectivity index (χ1v) is 2.90. The summed E-state index contributed by atoms with van der Waals surface area (Å²) >= 11 is 0. The first-order chi connectivity index (χ1) is 5.68. The summed E-state index contributed by atoms with van der Waals surface area (Å²) in [7, 11) is 0. The summed E-state index contributed by atoms with van der Waals surface area (Å²) in [5.74, 6) is 0. The normalized spacial score (nSPS) is 12.8. The summed E-state index contributed by atoms with van der Waals surface area (Å²) in [6, 6.07) is 0. The molecule has 6 heteroatoms. The van der Waals surface area contributed by atoms with Gasteiger partial charge >= 0.3 is 0 Å². The van der Waals surface area contributed by atoms with Crippen LogP contribution in [0.4, 0.5) is 0 Å². The van der Waals surface area contributed by atoms with Crippen molar-refractivity contribution in [2.45, 2.75) is 12.6 Å². The number of nitrogens with zero attached hydrogens (tertiary/aromatic N) is 3. The lowest BCUT2D eigenvalue weighted by Gasteiger charge is -2.10. The van der Waals surface area contributed by atoms with Gasteiger partial charge in [0.2, 0.25) is 18.2 Å². The van der Waals surface area contributed by atoms with E-state index in [0.29, 0.717) is 0 Å². The van der Waals surface area contributed by atoms with Crippen molar-refractivity contribution in [3.63, 3.8) is 0 Å². The predicted molar refractivity (Wildman–Crippen MR) is 37.6 cm³/mol. The van der Waals surface area contributed by atoms with Crippen LogP contribution in [0.2, 0.25) is 0 Å². The van der Waals surface area contributed by atoms with E-state index in [4.69, 9.17) is 0 Å². The van der Waals surface area contributed by atoms with Gasteiger partial charge in [-0.25, -0.2) is 19.4 Å². The molecule has 0 N–H and O–H groups in total. The molecule has 0 aromatic heterocycles. The third-order valence-electron chi connectivity index (χ3n) is 1.02. The molecule has 0 bridgehead atoms. The van der Waals surface area contributed by atoms with Crippen molar-refractivity contribution in [2.75, 3.05) is 6.54 Å². The quantitative estimate of drug-likeness (QED) is 0.425. The van der Waals surface area contributed by atoms with E-state index in [1.54, 1.807) is 0 Å². The molecular formula is C6H5N3O3. The largest absolute Gasteiger partial charge is 0.237 e. The van der Waals surface area contributed by atoms with Crippen LogP contribution in [0, 0.1) is 0 Å². The Balaban J connectivity index is 4.71. The first-order valence-electron chi connectivity index (χ1n) is 2.90. The maximum Gasteiger partial charge on any atom is 0.237 e. The second kappa shape index (κ2) is 4.88. The van der Waals surface area contributed by atoms with Gasteiger partial charge in [-0.1, -0.05) is 0 Å². The first kappa shape index (κ1) is 10.1. The lowest BCUT2D eigenvalue weighted by Crippen LogP contribution is -2.22. The number of carbonyl (C=O) groups excluding carboxylic acids is 3. The molecule has 0 saturated heterocycles. The van der Waals surface area contributed by atoms with E-state index in [1.165, 1.54) is 25.2 Å². The Kier molecular flexibility index (Phi) is 4.12. The Morgan fingerprint density at radius 1 is 1.08 bits per heavy atom. The van der Waals surface area contributed by atoms with Crippen LogP contribution >= 0.6 is 0 Å². The average Bonchev–Trinajstić information content (AvgIpc) is 2.02. The number of hydrogen-bond acceptors (Lipinski definition) is 6. The van der Waals surface area contributed by atoms with Crippen LogP contribution in [-0.2, 0) is 14.4 Å². The number of hydrogen-bond donors (Lipinski definition) is 0. The summed E-state index contributed by atoms with van der Waals surface area (Å²) in [5, 5.41) is 0. The van der Waals surface area contributed by atoms with E-state index in [-0.39, 0.29) is 6.54 Å². The fourth-order valence-electron chi connectivity index (χ4n) is 0.474. The molecule has 0 saturated carbocycles. The summed E-state index contributed by atoms with van der Waals surface area (Å²) in [5.41, 5.74) is -1.37. The Labute approximate surface area is 67.7 Å². The van der Waals surface area contributed by atoms with Crippen molar-refractivity contribution in [1.82, 2.24) is 0 Å². The molecule has 0 aromatic rings. The van der Waals surface area contributed by atoms with E-state index in [1.807, 2.05) is 0 Å². The van der Waals surface area contributed by atoms with Crippen LogP contribution in [0.15, 0.2) is 15.0 Å². The third-order valence-corrected chi connectivity index (χ3v) is 1.02. The molecule has 6 nitrogen and oxygen atoms in total. The van der Waals surface area contributed by atoms with E-state index in [9.17, 15) is 14.4 Å². The Morgan fingerprint density at radius 2 is 1.58 bits per heavy atom. The highest BCUT2D eigenvalue weighted by Gasteiger charge is 2.21. The van der Waals surface area contributed by atoms with Crippen LogP contribution in [0.3, 0.4) is 0 Å². The number of isocyanates is 3. The minimum atomic E-state index is -1.37. The molecule has 62 valence electrons.